The predicted octanol–water partition coefficient (Wildman–Crippen LogP) is 0.869. The molecule has 27 heavy (non-hydrogen) atoms. The van der Waals surface area contributed by atoms with Gasteiger partial charge in [0, 0.05) is 70.6 Å². The van der Waals surface area contributed by atoms with Gasteiger partial charge in [0.1, 0.15) is 5.82 Å². The van der Waals surface area contributed by atoms with E-state index in [1.54, 1.807) is 6.20 Å². The largest absolute Gasteiger partial charge is 0.357 e. The van der Waals surface area contributed by atoms with Gasteiger partial charge in [-0.15, -0.1) is 0 Å². The van der Waals surface area contributed by atoms with Crippen LogP contribution < -0.4 is 15.5 Å². The van der Waals surface area contributed by atoms with E-state index in [2.05, 4.69) is 37.2 Å². The number of pyridine rings is 1. The molecule has 0 spiro atoms. The molecule has 5 rings (SSSR count). The van der Waals surface area contributed by atoms with Gasteiger partial charge in [-0.25, -0.2) is 4.98 Å². The number of aromatic nitrogens is 1. The Morgan fingerprint density at radius 2 is 2.11 bits per heavy atom. The Morgan fingerprint density at radius 3 is 2.81 bits per heavy atom. The van der Waals surface area contributed by atoms with Gasteiger partial charge in [-0.05, 0) is 25.5 Å². The van der Waals surface area contributed by atoms with Crippen LogP contribution in [0.2, 0.25) is 5.02 Å². The lowest BCUT2D eigenvalue weighted by Crippen LogP contribution is -2.62. The molecule has 0 saturated carbocycles. The van der Waals surface area contributed by atoms with Gasteiger partial charge < -0.3 is 15.5 Å². The number of guanidine groups is 1. The standard InChI is InChI=1S/C19H30ClN7/c1-2-21-19(23-12-16-14-25-8-10-26(16)11-9-25)24-15-5-7-27(13-15)18-17(20)4-3-6-22-18/h3-4,6,15-16H,2,5,7-14H2,1H3,(H2,21,23,24). The Morgan fingerprint density at radius 1 is 1.26 bits per heavy atom. The molecule has 2 bridgehead atoms. The van der Waals surface area contributed by atoms with Gasteiger partial charge in [0.25, 0.3) is 0 Å². The molecular formula is C19H30ClN7. The lowest BCUT2D eigenvalue weighted by Gasteiger charge is -2.47. The molecule has 0 amide bonds. The number of anilines is 1. The van der Waals surface area contributed by atoms with Crippen LogP contribution in [0.5, 0.6) is 0 Å². The summed E-state index contributed by atoms with van der Waals surface area (Å²) in [7, 11) is 0. The summed E-state index contributed by atoms with van der Waals surface area (Å²) >= 11 is 6.30. The number of rotatable bonds is 5. The van der Waals surface area contributed by atoms with Gasteiger partial charge in [-0.2, -0.15) is 0 Å². The van der Waals surface area contributed by atoms with Crippen molar-refractivity contribution in [3.05, 3.63) is 23.4 Å². The van der Waals surface area contributed by atoms with E-state index in [1.807, 2.05) is 12.1 Å². The zero-order valence-electron chi connectivity index (χ0n) is 16.1. The summed E-state index contributed by atoms with van der Waals surface area (Å²) in [6.45, 7) is 11.6. The molecule has 4 aliphatic heterocycles. The van der Waals surface area contributed by atoms with E-state index < -0.39 is 0 Å². The summed E-state index contributed by atoms with van der Waals surface area (Å²) < 4.78 is 0. The zero-order chi connectivity index (χ0) is 18.6. The highest BCUT2D eigenvalue weighted by Crippen LogP contribution is 2.25. The molecule has 0 aromatic carbocycles. The smallest absolute Gasteiger partial charge is 0.191 e. The summed E-state index contributed by atoms with van der Waals surface area (Å²) in [5.74, 6) is 1.81. The van der Waals surface area contributed by atoms with E-state index in [0.29, 0.717) is 12.1 Å². The van der Waals surface area contributed by atoms with E-state index >= 15 is 0 Å². The Bertz CT molecular complexity index is 659. The molecule has 8 heteroatoms. The van der Waals surface area contributed by atoms with Crippen LogP contribution >= 0.6 is 11.6 Å². The lowest BCUT2D eigenvalue weighted by atomic mass is 10.1. The number of piperazine rings is 3. The van der Waals surface area contributed by atoms with Crippen LogP contribution in [0.4, 0.5) is 5.82 Å². The summed E-state index contributed by atoms with van der Waals surface area (Å²) in [4.78, 5) is 16.7. The van der Waals surface area contributed by atoms with Crippen LogP contribution in [0.25, 0.3) is 0 Å². The fraction of sp³-hybridized carbons (Fsp3) is 0.684. The molecule has 1 aromatic heterocycles. The van der Waals surface area contributed by atoms with Crippen LogP contribution in [-0.2, 0) is 0 Å². The first-order chi connectivity index (χ1) is 13.2. The van der Waals surface area contributed by atoms with Crippen LogP contribution in [0.3, 0.4) is 0 Å². The van der Waals surface area contributed by atoms with Gasteiger partial charge in [-0.1, -0.05) is 11.6 Å². The van der Waals surface area contributed by atoms with E-state index in [0.717, 1.165) is 55.9 Å². The summed E-state index contributed by atoms with van der Waals surface area (Å²) in [5, 5.41) is 7.74. The second-order valence-corrected chi connectivity index (χ2v) is 8.00. The minimum absolute atomic E-state index is 0.354. The Balaban J connectivity index is 1.34. The summed E-state index contributed by atoms with van der Waals surface area (Å²) in [6.07, 6.45) is 2.86. The lowest BCUT2D eigenvalue weighted by molar-refractivity contribution is 0.0174. The number of halogens is 1. The van der Waals surface area contributed by atoms with Crippen molar-refractivity contribution in [1.29, 1.82) is 0 Å². The second kappa shape index (κ2) is 8.63. The Kier molecular flexibility index (Phi) is 6.00. The van der Waals surface area contributed by atoms with Gasteiger partial charge in [0.15, 0.2) is 5.96 Å². The third-order valence-corrected chi connectivity index (χ3v) is 6.06. The van der Waals surface area contributed by atoms with Crippen LogP contribution in [-0.4, -0.2) is 91.7 Å². The molecule has 2 unspecified atom stereocenters. The van der Waals surface area contributed by atoms with E-state index in [1.165, 1.54) is 26.2 Å². The fourth-order valence-electron chi connectivity index (χ4n) is 4.29. The first-order valence-corrected chi connectivity index (χ1v) is 10.5. The summed E-state index contributed by atoms with van der Waals surface area (Å²) in [6, 6.07) is 4.68. The number of hydrogen-bond donors (Lipinski definition) is 2. The van der Waals surface area contributed by atoms with Crippen LogP contribution in [0.1, 0.15) is 13.3 Å². The molecule has 4 aliphatic rings. The van der Waals surface area contributed by atoms with Gasteiger partial charge in [-0.3, -0.25) is 14.8 Å². The fourth-order valence-corrected chi connectivity index (χ4v) is 4.53. The summed E-state index contributed by atoms with van der Waals surface area (Å²) in [5.41, 5.74) is 0. The number of hydrogen-bond acceptors (Lipinski definition) is 5. The molecule has 1 aromatic rings. The van der Waals surface area contributed by atoms with Crippen molar-refractivity contribution in [3.63, 3.8) is 0 Å². The minimum atomic E-state index is 0.354. The molecular weight excluding hydrogens is 362 g/mol. The Hall–Kier alpha value is -1.57. The molecule has 2 atom stereocenters. The average molecular weight is 392 g/mol. The zero-order valence-corrected chi connectivity index (χ0v) is 16.8. The maximum atomic E-state index is 6.30. The van der Waals surface area contributed by atoms with Gasteiger partial charge >= 0.3 is 0 Å². The third-order valence-electron chi connectivity index (χ3n) is 5.76. The quantitative estimate of drug-likeness (QED) is 0.573. The molecule has 4 saturated heterocycles. The molecule has 0 radical (unpaired) electrons. The van der Waals surface area contributed by atoms with Crippen molar-refractivity contribution in [2.75, 3.05) is 63.8 Å². The SMILES string of the molecule is CCNC(=NCC1CN2CCN1CC2)NC1CCN(c2ncccc2Cl)C1. The number of nitrogens with zero attached hydrogens (tertiary/aromatic N) is 5. The minimum Gasteiger partial charge on any atom is -0.357 e. The highest BCUT2D eigenvalue weighted by molar-refractivity contribution is 6.32. The third kappa shape index (κ3) is 4.47. The first-order valence-electron chi connectivity index (χ1n) is 10.1. The van der Waals surface area contributed by atoms with Crippen LogP contribution in [0, 0.1) is 0 Å². The number of nitrogens with one attached hydrogen (secondary N) is 2. The van der Waals surface area contributed by atoms with E-state index in [9.17, 15) is 0 Å². The normalized spacial score (nSPS) is 30.6. The number of fused-ring (bicyclic) bond motifs is 3. The maximum Gasteiger partial charge on any atom is 0.191 e. The predicted molar refractivity (Wildman–Crippen MR) is 111 cm³/mol. The molecule has 2 N–H and O–H groups in total. The molecule has 5 heterocycles. The van der Waals surface area contributed by atoms with Crippen molar-refractivity contribution in [1.82, 2.24) is 25.4 Å². The highest BCUT2D eigenvalue weighted by Gasteiger charge is 2.31. The van der Waals surface area contributed by atoms with Crippen LogP contribution in [0.15, 0.2) is 23.3 Å². The van der Waals surface area contributed by atoms with Crippen molar-refractivity contribution >= 4 is 23.4 Å². The second-order valence-electron chi connectivity index (χ2n) is 7.59. The number of aliphatic imine (C=N–C) groups is 1. The average Bonchev–Trinajstić information content (AvgIpc) is 3.16. The molecule has 7 nitrogen and oxygen atoms in total. The maximum absolute atomic E-state index is 6.30. The highest BCUT2D eigenvalue weighted by atomic mass is 35.5. The van der Waals surface area contributed by atoms with Crippen molar-refractivity contribution in [2.45, 2.75) is 25.4 Å². The van der Waals surface area contributed by atoms with Crippen molar-refractivity contribution in [3.8, 4) is 0 Å². The van der Waals surface area contributed by atoms with Gasteiger partial charge in [0.05, 0.1) is 11.6 Å². The van der Waals surface area contributed by atoms with Crippen molar-refractivity contribution in [2.24, 2.45) is 4.99 Å². The Labute approximate surface area is 166 Å². The molecule has 4 fully saturated rings. The monoisotopic (exact) mass is 391 g/mol. The van der Waals surface area contributed by atoms with E-state index in [-0.39, 0.29) is 0 Å². The first kappa shape index (κ1) is 18.8. The van der Waals surface area contributed by atoms with E-state index in [4.69, 9.17) is 16.6 Å². The van der Waals surface area contributed by atoms with Gasteiger partial charge in [0.2, 0.25) is 0 Å². The van der Waals surface area contributed by atoms with Crippen molar-refractivity contribution < 1.29 is 0 Å². The molecule has 0 aliphatic carbocycles. The molecule has 148 valence electrons. The topological polar surface area (TPSA) is 59.0 Å².